The van der Waals surface area contributed by atoms with Gasteiger partial charge in [0.2, 0.25) is 0 Å². The number of hydrogen-bond donors (Lipinski definition) is 0. The van der Waals surface area contributed by atoms with Crippen LogP contribution in [0.1, 0.15) is 16.1 Å². The van der Waals surface area contributed by atoms with Gasteiger partial charge in [0.1, 0.15) is 0 Å². The van der Waals surface area contributed by atoms with Crippen molar-refractivity contribution in [3.8, 4) is 0 Å². The van der Waals surface area contributed by atoms with Gasteiger partial charge >= 0.3 is 0 Å². The van der Waals surface area contributed by atoms with Crippen molar-refractivity contribution in [2.45, 2.75) is 11.7 Å². The Morgan fingerprint density at radius 3 is 3.14 bits per heavy atom. The minimum absolute atomic E-state index is 0.759. The van der Waals surface area contributed by atoms with Crippen LogP contribution in [0.3, 0.4) is 0 Å². The van der Waals surface area contributed by atoms with Crippen LogP contribution in [0.4, 0.5) is 5.69 Å². The van der Waals surface area contributed by atoms with Crippen molar-refractivity contribution in [2.75, 3.05) is 24.2 Å². The number of thioether (sulfide) groups is 1. The summed E-state index contributed by atoms with van der Waals surface area (Å²) in [6.45, 7) is 2.25. The molecule has 2 heterocycles. The molecule has 1 atom stereocenters. The van der Waals surface area contributed by atoms with Crippen molar-refractivity contribution in [3.05, 3.63) is 16.3 Å². The zero-order chi connectivity index (χ0) is 9.97. The number of aldehydes is 1. The Morgan fingerprint density at radius 1 is 1.71 bits per heavy atom. The highest BCUT2D eigenvalue weighted by atomic mass is 32.2. The highest BCUT2D eigenvalue weighted by Gasteiger charge is 2.22. The zero-order valence-corrected chi connectivity index (χ0v) is 9.74. The van der Waals surface area contributed by atoms with E-state index in [0.717, 1.165) is 29.5 Å². The number of carbonyl (C=O) groups is 1. The number of carbonyl (C=O) groups excluding carboxylic acids is 1. The molecular weight excluding hydrogens is 214 g/mol. The smallest absolute Gasteiger partial charge is 0.160 e. The summed E-state index contributed by atoms with van der Waals surface area (Å²) in [4.78, 5) is 13.7. The quantitative estimate of drug-likeness (QED) is 0.740. The standard InChI is InChI=1S/C10H13NOS2/c1-13-9-2-3-11(5-9)8-4-10(6-12)14-7-8/h4,6-7,9H,2-3,5H2,1H3. The fourth-order valence-electron chi connectivity index (χ4n) is 1.72. The molecule has 76 valence electrons. The fourth-order valence-corrected chi connectivity index (χ4v) is 3.11. The molecule has 1 fully saturated rings. The number of thiophene rings is 1. The molecule has 4 heteroatoms. The van der Waals surface area contributed by atoms with Crippen molar-refractivity contribution in [2.24, 2.45) is 0 Å². The lowest BCUT2D eigenvalue weighted by Gasteiger charge is -2.15. The number of hydrogen-bond acceptors (Lipinski definition) is 4. The first kappa shape index (κ1) is 10.1. The molecule has 0 radical (unpaired) electrons. The Bertz CT molecular complexity index is 324. The van der Waals surface area contributed by atoms with Crippen LogP contribution >= 0.6 is 23.1 Å². The molecule has 0 amide bonds. The molecule has 2 rings (SSSR count). The van der Waals surface area contributed by atoms with E-state index in [-0.39, 0.29) is 0 Å². The average molecular weight is 227 g/mol. The van der Waals surface area contributed by atoms with Crippen LogP contribution in [0.25, 0.3) is 0 Å². The van der Waals surface area contributed by atoms with Crippen LogP contribution in [0.15, 0.2) is 11.4 Å². The molecule has 1 unspecified atom stereocenters. The van der Waals surface area contributed by atoms with Gasteiger partial charge in [-0.1, -0.05) is 0 Å². The minimum Gasteiger partial charge on any atom is -0.370 e. The van der Waals surface area contributed by atoms with Gasteiger partial charge in [-0.2, -0.15) is 11.8 Å². The van der Waals surface area contributed by atoms with Crippen LogP contribution in [0.5, 0.6) is 0 Å². The summed E-state index contributed by atoms with van der Waals surface area (Å²) in [5.74, 6) is 0. The Kier molecular flexibility index (Phi) is 3.13. The van der Waals surface area contributed by atoms with Gasteiger partial charge in [0.05, 0.1) is 4.88 Å². The second-order valence-electron chi connectivity index (χ2n) is 3.42. The summed E-state index contributed by atoms with van der Waals surface area (Å²) in [6, 6.07) is 1.99. The number of anilines is 1. The first-order valence-corrected chi connectivity index (χ1v) is 6.81. The first-order chi connectivity index (χ1) is 6.83. The molecule has 1 saturated heterocycles. The number of rotatable bonds is 3. The van der Waals surface area contributed by atoms with Crippen molar-refractivity contribution < 1.29 is 4.79 Å². The molecule has 0 N–H and O–H groups in total. The van der Waals surface area contributed by atoms with Crippen LogP contribution in [0, 0.1) is 0 Å². The largest absolute Gasteiger partial charge is 0.370 e. The third-order valence-electron chi connectivity index (χ3n) is 2.57. The topological polar surface area (TPSA) is 20.3 Å². The Hall–Kier alpha value is -0.480. The second kappa shape index (κ2) is 4.36. The molecule has 14 heavy (non-hydrogen) atoms. The summed E-state index contributed by atoms with van der Waals surface area (Å²) >= 11 is 3.46. The van der Waals surface area contributed by atoms with E-state index in [2.05, 4.69) is 16.5 Å². The molecule has 0 spiro atoms. The summed E-state index contributed by atoms with van der Waals surface area (Å²) in [5, 5.41) is 2.83. The lowest BCUT2D eigenvalue weighted by Crippen LogP contribution is -2.19. The minimum atomic E-state index is 0.759. The van der Waals surface area contributed by atoms with Crippen molar-refractivity contribution in [1.29, 1.82) is 0 Å². The summed E-state index contributed by atoms with van der Waals surface area (Å²) in [6.07, 6.45) is 4.35. The van der Waals surface area contributed by atoms with Crippen LogP contribution < -0.4 is 4.90 Å². The normalized spacial score (nSPS) is 21.5. The van der Waals surface area contributed by atoms with E-state index in [1.165, 1.54) is 23.4 Å². The molecule has 0 saturated carbocycles. The predicted octanol–water partition coefficient (Wildman–Crippen LogP) is 2.50. The van der Waals surface area contributed by atoms with Gasteiger partial charge in [-0.15, -0.1) is 11.3 Å². The predicted molar refractivity (Wildman–Crippen MR) is 63.8 cm³/mol. The molecule has 2 nitrogen and oxygen atoms in total. The average Bonchev–Trinajstić information content (AvgIpc) is 2.86. The Morgan fingerprint density at radius 2 is 2.57 bits per heavy atom. The summed E-state index contributed by atoms with van der Waals surface area (Å²) < 4.78 is 0. The molecule has 0 bridgehead atoms. The van der Waals surface area contributed by atoms with Gasteiger partial charge in [0, 0.05) is 29.4 Å². The fraction of sp³-hybridized carbons (Fsp3) is 0.500. The third kappa shape index (κ3) is 1.96. The van der Waals surface area contributed by atoms with Gasteiger partial charge in [-0.05, 0) is 18.7 Å². The van der Waals surface area contributed by atoms with E-state index in [1.807, 2.05) is 17.8 Å². The molecule has 1 aliphatic heterocycles. The van der Waals surface area contributed by atoms with E-state index in [4.69, 9.17) is 0 Å². The van der Waals surface area contributed by atoms with Crippen molar-refractivity contribution >= 4 is 35.1 Å². The SMILES string of the molecule is CSC1CCN(c2csc(C=O)c2)C1. The van der Waals surface area contributed by atoms with Crippen molar-refractivity contribution in [1.82, 2.24) is 0 Å². The van der Waals surface area contributed by atoms with Crippen LogP contribution in [-0.4, -0.2) is 30.9 Å². The van der Waals surface area contributed by atoms with Gasteiger partial charge in [0.15, 0.2) is 6.29 Å². The van der Waals surface area contributed by atoms with E-state index >= 15 is 0 Å². The second-order valence-corrected chi connectivity index (χ2v) is 5.50. The molecule has 1 aliphatic rings. The molecule has 1 aromatic rings. The van der Waals surface area contributed by atoms with E-state index < -0.39 is 0 Å². The van der Waals surface area contributed by atoms with Crippen LogP contribution in [-0.2, 0) is 0 Å². The highest BCUT2D eigenvalue weighted by molar-refractivity contribution is 7.99. The Balaban J connectivity index is 2.05. The Labute approximate surface area is 92.3 Å². The summed E-state index contributed by atoms with van der Waals surface area (Å²) in [5.41, 5.74) is 1.22. The lowest BCUT2D eigenvalue weighted by atomic mass is 10.4. The third-order valence-corrected chi connectivity index (χ3v) is 4.46. The first-order valence-electron chi connectivity index (χ1n) is 4.65. The molecule has 0 aliphatic carbocycles. The maximum absolute atomic E-state index is 10.5. The van der Waals surface area contributed by atoms with E-state index in [9.17, 15) is 4.79 Å². The van der Waals surface area contributed by atoms with Gasteiger partial charge in [-0.3, -0.25) is 4.79 Å². The molecule has 0 aromatic carbocycles. The zero-order valence-electron chi connectivity index (χ0n) is 8.10. The monoisotopic (exact) mass is 227 g/mol. The number of nitrogens with zero attached hydrogens (tertiary/aromatic N) is 1. The molecule has 1 aromatic heterocycles. The molecular formula is C10H13NOS2. The van der Waals surface area contributed by atoms with E-state index in [1.54, 1.807) is 0 Å². The van der Waals surface area contributed by atoms with Gasteiger partial charge in [-0.25, -0.2) is 0 Å². The maximum atomic E-state index is 10.5. The lowest BCUT2D eigenvalue weighted by molar-refractivity contribution is 0.112. The van der Waals surface area contributed by atoms with E-state index in [0.29, 0.717) is 0 Å². The van der Waals surface area contributed by atoms with Gasteiger partial charge in [0.25, 0.3) is 0 Å². The van der Waals surface area contributed by atoms with Gasteiger partial charge < -0.3 is 4.90 Å². The maximum Gasteiger partial charge on any atom is 0.160 e. The highest BCUT2D eigenvalue weighted by Crippen LogP contribution is 2.28. The van der Waals surface area contributed by atoms with Crippen molar-refractivity contribution in [3.63, 3.8) is 0 Å². The summed E-state index contributed by atoms with van der Waals surface area (Å²) in [7, 11) is 0. The van der Waals surface area contributed by atoms with Crippen LogP contribution in [0.2, 0.25) is 0 Å².